The van der Waals surface area contributed by atoms with Gasteiger partial charge in [-0.2, -0.15) is 8.78 Å². The minimum atomic E-state index is -4.07. The predicted molar refractivity (Wildman–Crippen MR) is 120 cm³/mol. The minimum Gasteiger partial charge on any atom is -0.489 e. The van der Waals surface area contributed by atoms with Gasteiger partial charge in [0.25, 0.3) is 0 Å². The Morgan fingerprint density at radius 1 is 0.970 bits per heavy atom. The van der Waals surface area contributed by atoms with Crippen LogP contribution in [-0.4, -0.2) is 25.0 Å². The lowest BCUT2D eigenvalue weighted by Gasteiger charge is -2.18. The number of ether oxygens (including phenoxy) is 3. The molecule has 0 saturated heterocycles. The van der Waals surface area contributed by atoms with Crippen molar-refractivity contribution < 1.29 is 32.6 Å². The first-order valence-electron chi connectivity index (χ1n) is 10.4. The van der Waals surface area contributed by atoms with Gasteiger partial charge in [0.15, 0.2) is 0 Å². The van der Waals surface area contributed by atoms with E-state index in [4.69, 9.17) is 4.74 Å². The van der Waals surface area contributed by atoms with Gasteiger partial charge in [0.2, 0.25) is 0 Å². The Morgan fingerprint density at radius 3 is 2.30 bits per heavy atom. The van der Waals surface area contributed by atoms with E-state index in [2.05, 4.69) is 9.47 Å². The predicted octanol–water partition coefficient (Wildman–Crippen LogP) is 5.90. The maximum absolute atomic E-state index is 13.9. The van der Waals surface area contributed by atoms with E-state index in [1.165, 1.54) is 19.1 Å². The lowest BCUT2D eigenvalue weighted by Crippen LogP contribution is -2.36. The Balaban J connectivity index is 1.79. The van der Waals surface area contributed by atoms with E-state index in [0.717, 1.165) is 28.5 Å². The third kappa shape index (κ3) is 5.74. The summed E-state index contributed by atoms with van der Waals surface area (Å²) in [7, 11) is 0. The van der Waals surface area contributed by atoms with Crippen molar-refractivity contribution in [2.45, 2.75) is 33.5 Å². The molecule has 0 atom stereocenters. The number of aldehydes is 1. The molecule has 33 heavy (non-hydrogen) atoms. The van der Waals surface area contributed by atoms with E-state index < -0.39 is 12.1 Å². The van der Waals surface area contributed by atoms with Gasteiger partial charge in [-0.3, -0.25) is 4.79 Å². The highest BCUT2D eigenvalue weighted by Crippen LogP contribution is 2.33. The molecular weight excluding hydrogens is 430 g/mol. The van der Waals surface area contributed by atoms with E-state index in [0.29, 0.717) is 23.5 Å². The number of carbonyl (C=O) groups excluding carboxylic acids is 2. The second kappa shape index (κ2) is 10.3. The van der Waals surface area contributed by atoms with Gasteiger partial charge in [0.05, 0.1) is 6.61 Å². The molecule has 3 rings (SSSR count). The number of benzene rings is 3. The molecule has 0 fully saturated rings. The second-order valence-corrected chi connectivity index (χ2v) is 7.38. The van der Waals surface area contributed by atoms with Crippen LogP contribution in [0.3, 0.4) is 0 Å². The van der Waals surface area contributed by atoms with Gasteiger partial charge in [-0.05, 0) is 85.0 Å². The number of halogens is 2. The molecule has 0 heterocycles. The molecular formula is C26H24F2O5. The monoisotopic (exact) mass is 454 g/mol. The minimum absolute atomic E-state index is 0.134. The third-order valence-electron chi connectivity index (χ3n) is 5.10. The van der Waals surface area contributed by atoms with Crippen molar-refractivity contribution >= 4 is 12.3 Å². The van der Waals surface area contributed by atoms with Crippen molar-refractivity contribution in [1.29, 1.82) is 0 Å². The summed E-state index contributed by atoms with van der Waals surface area (Å²) >= 11 is 0. The van der Waals surface area contributed by atoms with Gasteiger partial charge >= 0.3 is 12.1 Å². The van der Waals surface area contributed by atoms with Gasteiger partial charge < -0.3 is 14.2 Å². The van der Waals surface area contributed by atoms with Crippen molar-refractivity contribution in [2.75, 3.05) is 6.61 Å². The summed E-state index contributed by atoms with van der Waals surface area (Å²) in [4.78, 5) is 22.2. The SMILES string of the molecule is CCOC(=O)C(F)(F)Oc1ccc(-c2cccc(COc3ccc(C=O)cc3)c2C)c(C)c1. The largest absolute Gasteiger partial charge is 0.502 e. The van der Waals surface area contributed by atoms with Crippen LogP contribution in [0.15, 0.2) is 60.7 Å². The first kappa shape index (κ1) is 23.9. The maximum Gasteiger partial charge on any atom is 0.502 e. The van der Waals surface area contributed by atoms with Crippen molar-refractivity contribution in [3.8, 4) is 22.6 Å². The molecule has 0 bridgehead atoms. The van der Waals surface area contributed by atoms with Gasteiger partial charge in [0, 0.05) is 5.56 Å². The molecule has 0 spiro atoms. The molecule has 3 aromatic rings. The van der Waals surface area contributed by atoms with Crippen LogP contribution in [0.2, 0.25) is 0 Å². The quantitative estimate of drug-likeness (QED) is 0.298. The zero-order valence-corrected chi connectivity index (χ0v) is 18.6. The lowest BCUT2D eigenvalue weighted by atomic mass is 9.93. The number of esters is 1. The molecule has 0 amide bonds. The Kier molecular flexibility index (Phi) is 7.43. The molecule has 7 heteroatoms. The summed E-state index contributed by atoms with van der Waals surface area (Å²) in [6, 6.07) is 17.2. The zero-order valence-electron chi connectivity index (χ0n) is 18.6. The molecule has 5 nitrogen and oxygen atoms in total. The van der Waals surface area contributed by atoms with E-state index in [1.54, 1.807) is 37.3 Å². The van der Waals surface area contributed by atoms with Crippen molar-refractivity contribution in [3.63, 3.8) is 0 Å². The normalized spacial score (nSPS) is 11.1. The molecule has 0 aliphatic heterocycles. The first-order chi connectivity index (χ1) is 15.7. The van der Waals surface area contributed by atoms with Crippen molar-refractivity contribution in [3.05, 3.63) is 82.9 Å². The Morgan fingerprint density at radius 2 is 1.67 bits per heavy atom. The van der Waals surface area contributed by atoms with Crippen LogP contribution in [0.5, 0.6) is 11.5 Å². The molecule has 0 radical (unpaired) electrons. The third-order valence-corrected chi connectivity index (χ3v) is 5.10. The smallest absolute Gasteiger partial charge is 0.489 e. The van der Waals surface area contributed by atoms with Crippen LogP contribution >= 0.6 is 0 Å². The summed E-state index contributed by atoms with van der Waals surface area (Å²) < 4.78 is 42.6. The fraction of sp³-hybridized carbons (Fsp3) is 0.231. The average molecular weight is 454 g/mol. The first-order valence-corrected chi connectivity index (χ1v) is 10.4. The van der Waals surface area contributed by atoms with Crippen LogP contribution in [0.4, 0.5) is 8.78 Å². The summed E-state index contributed by atoms with van der Waals surface area (Å²) in [5.74, 6) is -1.22. The molecule has 0 aliphatic rings. The van der Waals surface area contributed by atoms with Crippen molar-refractivity contribution in [1.82, 2.24) is 0 Å². The van der Waals surface area contributed by atoms with Gasteiger partial charge in [-0.1, -0.05) is 24.3 Å². The molecule has 0 unspecified atom stereocenters. The Bertz CT molecular complexity index is 1140. The van der Waals surface area contributed by atoms with Crippen LogP contribution in [-0.2, 0) is 16.1 Å². The summed E-state index contributed by atoms with van der Waals surface area (Å²) in [6.07, 6.45) is -3.30. The van der Waals surface area contributed by atoms with Crippen LogP contribution in [0.25, 0.3) is 11.1 Å². The molecule has 0 saturated carbocycles. The number of alkyl halides is 2. The molecule has 0 aromatic heterocycles. The number of hydrogen-bond acceptors (Lipinski definition) is 5. The van der Waals surface area contributed by atoms with E-state index in [-0.39, 0.29) is 12.4 Å². The van der Waals surface area contributed by atoms with Gasteiger partial charge in [-0.15, -0.1) is 0 Å². The molecule has 0 aliphatic carbocycles. The topological polar surface area (TPSA) is 61.8 Å². The maximum atomic E-state index is 13.9. The number of carbonyl (C=O) groups is 2. The Labute approximate surface area is 190 Å². The van der Waals surface area contributed by atoms with Crippen LogP contribution < -0.4 is 9.47 Å². The molecule has 0 N–H and O–H groups in total. The highest BCUT2D eigenvalue weighted by molar-refractivity contribution is 5.77. The standard InChI is InChI=1S/C26H24F2O5/c1-4-31-25(30)26(27,28)33-22-12-13-23(17(2)14-22)24-7-5-6-20(18(24)3)16-32-21-10-8-19(15-29)9-11-21/h5-15H,4,16H2,1-3H3. The van der Waals surface area contributed by atoms with E-state index in [1.807, 2.05) is 25.1 Å². The van der Waals surface area contributed by atoms with Crippen LogP contribution in [0, 0.1) is 13.8 Å². The lowest BCUT2D eigenvalue weighted by molar-refractivity contribution is -0.216. The summed E-state index contributed by atoms with van der Waals surface area (Å²) in [6.45, 7) is 5.34. The van der Waals surface area contributed by atoms with E-state index >= 15 is 0 Å². The summed E-state index contributed by atoms with van der Waals surface area (Å²) in [5.41, 5.74) is 4.99. The molecule has 3 aromatic carbocycles. The molecule has 172 valence electrons. The number of rotatable bonds is 9. The van der Waals surface area contributed by atoms with Gasteiger partial charge in [-0.25, -0.2) is 4.79 Å². The number of aryl methyl sites for hydroxylation is 1. The van der Waals surface area contributed by atoms with Crippen LogP contribution in [0.1, 0.15) is 34.0 Å². The summed E-state index contributed by atoms with van der Waals surface area (Å²) in [5, 5.41) is 0. The fourth-order valence-corrected chi connectivity index (χ4v) is 3.34. The van der Waals surface area contributed by atoms with Crippen molar-refractivity contribution in [2.24, 2.45) is 0 Å². The Hall–Kier alpha value is -3.74. The highest BCUT2D eigenvalue weighted by atomic mass is 19.3. The zero-order chi connectivity index (χ0) is 24.0. The average Bonchev–Trinajstić information content (AvgIpc) is 2.79. The fourth-order valence-electron chi connectivity index (χ4n) is 3.34. The van der Waals surface area contributed by atoms with Gasteiger partial charge in [0.1, 0.15) is 24.4 Å². The highest BCUT2D eigenvalue weighted by Gasteiger charge is 2.44. The number of hydrogen-bond donors (Lipinski definition) is 0. The second-order valence-electron chi connectivity index (χ2n) is 7.38. The van der Waals surface area contributed by atoms with E-state index in [9.17, 15) is 18.4 Å².